The number of rotatable bonds is 3. The normalized spacial score (nSPS) is 23.4. The monoisotopic (exact) mass is 254 g/mol. The Morgan fingerprint density at radius 3 is 2.50 bits per heavy atom. The van der Waals surface area contributed by atoms with Crippen LogP contribution < -0.4 is 5.32 Å². The predicted molar refractivity (Wildman–Crippen MR) is 61.8 cm³/mol. The van der Waals surface area contributed by atoms with E-state index >= 15 is 0 Å². The molecule has 0 radical (unpaired) electrons. The van der Waals surface area contributed by atoms with Gasteiger partial charge in [-0.2, -0.15) is 13.2 Å². The van der Waals surface area contributed by atoms with E-state index in [1.54, 1.807) is 11.8 Å². The first-order valence-electron chi connectivity index (χ1n) is 5.32. The van der Waals surface area contributed by atoms with E-state index < -0.39 is 18.6 Å². The van der Waals surface area contributed by atoms with Gasteiger partial charge in [0.15, 0.2) is 5.17 Å². The van der Waals surface area contributed by atoms with Crippen LogP contribution in [0.1, 0.15) is 27.2 Å². The second-order valence-electron chi connectivity index (χ2n) is 4.41. The number of thioether (sulfide) groups is 1. The van der Waals surface area contributed by atoms with Crippen molar-refractivity contribution >= 4 is 16.9 Å². The quantitative estimate of drug-likeness (QED) is 0.837. The molecule has 1 aliphatic rings. The molecule has 1 heterocycles. The Balaban J connectivity index is 2.34. The summed E-state index contributed by atoms with van der Waals surface area (Å²) in [6.45, 7) is 6.41. The first kappa shape index (κ1) is 13.7. The zero-order valence-electron chi connectivity index (χ0n) is 9.64. The van der Waals surface area contributed by atoms with Crippen molar-refractivity contribution in [3.63, 3.8) is 0 Å². The summed E-state index contributed by atoms with van der Waals surface area (Å²) >= 11 is 1.54. The molecular weight excluding hydrogens is 237 g/mol. The lowest BCUT2D eigenvalue weighted by Gasteiger charge is -2.17. The molecule has 0 fully saturated rings. The molecule has 2 unspecified atom stereocenters. The Labute approximate surface area is 98.1 Å². The molecule has 0 saturated carbocycles. The molecule has 1 aliphatic heterocycles. The van der Waals surface area contributed by atoms with Crippen molar-refractivity contribution < 1.29 is 13.2 Å². The minimum Gasteiger partial charge on any atom is -0.362 e. The SMILES string of the molecule is CC(CC(F)(F)F)NC1=NCC(C(C)C)S1. The van der Waals surface area contributed by atoms with E-state index in [1.165, 1.54) is 6.92 Å². The third-order valence-corrected chi connectivity index (χ3v) is 3.80. The third-order valence-electron chi connectivity index (χ3n) is 2.33. The maximum absolute atomic E-state index is 12.1. The smallest absolute Gasteiger partial charge is 0.362 e. The average molecular weight is 254 g/mol. The van der Waals surface area contributed by atoms with Gasteiger partial charge < -0.3 is 5.32 Å². The van der Waals surface area contributed by atoms with E-state index in [0.717, 1.165) is 0 Å². The highest BCUT2D eigenvalue weighted by Gasteiger charge is 2.31. The number of halogens is 3. The molecule has 0 saturated heterocycles. The molecule has 2 atom stereocenters. The van der Waals surface area contributed by atoms with Crippen molar-refractivity contribution in [1.29, 1.82) is 0 Å². The summed E-state index contributed by atoms with van der Waals surface area (Å²) in [6.07, 6.45) is -4.94. The van der Waals surface area contributed by atoms with Crippen molar-refractivity contribution in [3.8, 4) is 0 Å². The number of nitrogens with one attached hydrogen (secondary N) is 1. The Hall–Kier alpha value is -0.390. The Bertz CT molecular complexity index is 263. The number of amidine groups is 1. The van der Waals surface area contributed by atoms with Gasteiger partial charge in [-0.25, -0.2) is 0 Å². The minimum atomic E-state index is -4.12. The number of nitrogens with zero attached hydrogens (tertiary/aromatic N) is 1. The number of hydrogen-bond donors (Lipinski definition) is 1. The van der Waals surface area contributed by atoms with Crippen LogP contribution in [0.15, 0.2) is 4.99 Å². The van der Waals surface area contributed by atoms with Crippen LogP contribution in [0.5, 0.6) is 0 Å². The van der Waals surface area contributed by atoms with E-state index in [4.69, 9.17) is 0 Å². The fraction of sp³-hybridized carbons (Fsp3) is 0.900. The van der Waals surface area contributed by atoms with Crippen molar-refractivity contribution in [2.75, 3.05) is 6.54 Å². The first-order valence-corrected chi connectivity index (χ1v) is 6.20. The van der Waals surface area contributed by atoms with Gasteiger partial charge in [0.2, 0.25) is 0 Å². The molecule has 0 bridgehead atoms. The summed E-state index contributed by atoms with van der Waals surface area (Å²) in [6, 6.07) is -0.614. The second-order valence-corrected chi connectivity index (χ2v) is 5.64. The highest BCUT2D eigenvalue weighted by molar-refractivity contribution is 8.14. The van der Waals surface area contributed by atoms with Crippen molar-refractivity contribution in [2.45, 2.75) is 44.7 Å². The lowest BCUT2D eigenvalue weighted by Crippen LogP contribution is -2.34. The summed E-state index contributed by atoms with van der Waals surface area (Å²) in [7, 11) is 0. The van der Waals surface area contributed by atoms with E-state index in [9.17, 15) is 13.2 Å². The van der Waals surface area contributed by atoms with Crippen LogP contribution in [-0.2, 0) is 0 Å². The summed E-state index contributed by atoms with van der Waals surface area (Å²) < 4.78 is 36.3. The van der Waals surface area contributed by atoms with Gasteiger partial charge in [0, 0.05) is 11.3 Å². The van der Waals surface area contributed by atoms with Crippen LogP contribution >= 0.6 is 11.8 Å². The van der Waals surface area contributed by atoms with Crippen molar-refractivity contribution in [1.82, 2.24) is 5.32 Å². The lowest BCUT2D eigenvalue weighted by molar-refractivity contribution is -0.138. The van der Waals surface area contributed by atoms with Gasteiger partial charge >= 0.3 is 6.18 Å². The fourth-order valence-corrected chi connectivity index (χ4v) is 2.55. The van der Waals surface area contributed by atoms with Crippen molar-refractivity contribution in [2.24, 2.45) is 10.9 Å². The van der Waals surface area contributed by atoms with Gasteiger partial charge in [0.1, 0.15) is 0 Å². The van der Waals surface area contributed by atoms with Gasteiger partial charge in [0.25, 0.3) is 0 Å². The molecule has 94 valence electrons. The van der Waals surface area contributed by atoms with Gasteiger partial charge in [0.05, 0.1) is 13.0 Å². The summed E-state index contributed by atoms with van der Waals surface area (Å²) in [5, 5.41) is 3.85. The zero-order chi connectivity index (χ0) is 12.3. The molecule has 0 aromatic carbocycles. The van der Waals surface area contributed by atoms with Crippen LogP contribution in [0.2, 0.25) is 0 Å². The summed E-state index contributed by atoms with van der Waals surface area (Å²) in [5.41, 5.74) is 0. The van der Waals surface area contributed by atoms with E-state index in [0.29, 0.717) is 22.9 Å². The molecule has 0 amide bonds. The van der Waals surface area contributed by atoms with Crippen LogP contribution in [0.4, 0.5) is 13.2 Å². The zero-order valence-corrected chi connectivity index (χ0v) is 10.5. The average Bonchev–Trinajstić information content (AvgIpc) is 2.48. The molecule has 0 aromatic rings. The Morgan fingerprint density at radius 2 is 2.06 bits per heavy atom. The molecule has 0 spiro atoms. The number of hydrogen-bond acceptors (Lipinski definition) is 3. The second kappa shape index (κ2) is 5.29. The largest absolute Gasteiger partial charge is 0.391 e. The molecule has 6 heteroatoms. The molecule has 0 aliphatic carbocycles. The molecule has 1 N–H and O–H groups in total. The topological polar surface area (TPSA) is 24.4 Å². The molecule has 2 nitrogen and oxygen atoms in total. The van der Waals surface area contributed by atoms with E-state index in [-0.39, 0.29) is 0 Å². The Kier molecular flexibility index (Phi) is 4.52. The standard InChI is InChI=1S/C10H17F3N2S/c1-6(2)8-5-14-9(16-8)15-7(3)4-10(11,12)13/h6-8H,4-5H2,1-3H3,(H,14,15). The molecule has 0 aromatic heterocycles. The molecular formula is C10H17F3N2S. The van der Waals surface area contributed by atoms with Crippen LogP contribution in [0.25, 0.3) is 0 Å². The highest BCUT2D eigenvalue weighted by atomic mass is 32.2. The first-order chi connectivity index (χ1) is 7.28. The number of alkyl halides is 3. The maximum atomic E-state index is 12.1. The molecule has 1 rings (SSSR count). The van der Waals surface area contributed by atoms with Crippen molar-refractivity contribution in [3.05, 3.63) is 0 Å². The Morgan fingerprint density at radius 1 is 1.44 bits per heavy atom. The third kappa shape index (κ3) is 4.63. The highest BCUT2D eigenvalue weighted by Crippen LogP contribution is 2.27. The predicted octanol–water partition coefficient (Wildman–Crippen LogP) is 3.04. The van der Waals surface area contributed by atoms with Gasteiger partial charge in [-0.1, -0.05) is 25.6 Å². The summed E-state index contributed by atoms with van der Waals surface area (Å²) in [5.74, 6) is 0.492. The van der Waals surface area contributed by atoms with E-state index in [1.807, 2.05) is 0 Å². The van der Waals surface area contributed by atoms with E-state index in [2.05, 4.69) is 24.2 Å². The van der Waals surface area contributed by atoms with Crippen LogP contribution in [0, 0.1) is 5.92 Å². The van der Waals surface area contributed by atoms with Gasteiger partial charge in [-0.3, -0.25) is 4.99 Å². The van der Waals surface area contributed by atoms with Gasteiger partial charge in [-0.15, -0.1) is 0 Å². The maximum Gasteiger partial charge on any atom is 0.391 e. The fourth-order valence-electron chi connectivity index (χ4n) is 1.43. The van der Waals surface area contributed by atoms with Crippen LogP contribution in [-0.4, -0.2) is 29.2 Å². The molecule has 16 heavy (non-hydrogen) atoms. The number of aliphatic imine (C=N–C) groups is 1. The minimum absolute atomic E-state index is 0.389. The van der Waals surface area contributed by atoms with Crippen LogP contribution in [0.3, 0.4) is 0 Å². The summed E-state index contributed by atoms with van der Waals surface area (Å²) in [4.78, 5) is 4.21. The lowest BCUT2D eigenvalue weighted by atomic mass is 10.1. The van der Waals surface area contributed by atoms with Gasteiger partial charge in [-0.05, 0) is 12.8 Å².